The normalized spacial score (nSPS) is 12.8. The maximum atomic E-state index is 12.3. The van der Waals surface area contributed by atoms with Gasteiger partial charge in [-0.15, -0.1) is 13.2 Å². The number of carboxylic acids is 1. The molecule has 0 radical (unpaired) electrons. The Balaban J connectivity index is 1.76. The smallest absolute Gasteiger partial charge is 0.496 e. The van der Waals surface area contributed by atoms with Gasteiger partial charge in [0.05, 0.1) is 26.7 Å². The van der Waals surface area contributed by atoms with Crippen LogP contribution in [0.3, 0.4) is 0 Å². The fourth-order valence-corrected chi connectivity index (χ4v) is 3.89. The van der Waals surface area contributed by atoms with Gasteiger partial charge in [-0.05, 0) is 54.3 Å². The third-order valence-electron chi connectivity index (χ3n) is 5.78. The van der Waals surface area contributed by atoms with Gasteiger partial charge in [0, 0.05) is 29.5 Å². The number of pyridine rings is 1. The molecule has 3 rings (SSSR count). The van der Waals surface area contributed by atoms with Gasteiger partial charge in [-0.2, -0.15) is 0 Å². The molecule has 1 heterocycles. The minimum absolute atomic E-state index is 0.255. The zero-order chi connectivity index (χ0) is 27.9. The lowest BCUT2D eigenvalue weighted by atomic mass is 9.96. The number of alkyl halides is 3. The van der Waals surface area contributed by atoms with Crippen LogP contribution in [-0.2, 0) is 29.0 Å². The number of aromatic nitrogens is 1. The number of aliphatic carboxylic acids is 1. The standard InChI is InChI=1S/C28H29F3N2O5/c1-17(27(34)35)10-23-24(36-3)13-22(14-25(23)37-4)21-8-9-26(32-15-21)33-18(2)11-19-6-5-7-20(12-19)16-38-28(29,30)31/h5-9,12-15,17H,10-11,16H2,1-4H3,(H,34,35)/b33-18+. The zero-order valence-electron chi connectivity index (χ0n) is 21.5. The van der Waals surface area contributed by atoms with Crippen molar-refractivity contribution in [2.75, 3.05) is 14.2 Å². The summed E-state index contributed by atoms with van der Waals surface area (Å²) in [5.41, 5.74) is 4.20. The van der Waals surface area contributed by atoms with Gasteiger partial charge in [0.15, 0.2) is 5.82 Å². The molecule has 0 spiro atoms. The Kier molecular flexibility index (Phi) is 9.46. The summed E-state index contributed by atoms with van der Waals surface area (Å²) in [4.78, 5) is 20.3. The number of rotatable bonds is 11. The number of aliphatic imine (C=N–C) groups is 1. The van der Waals surface area contributed by atoms with E-state index in [4.69, 9.17) is 9.47 Å². The molecular formula is C28H29F3N2O5. The molecule has 10 heteroatoms. The maximum Gasteiger partial charge on any atom is 0.522 e. The number of ether oxygens (including phenoxy) is 3. The first-order chi connectivity index (χ1) is 18.0. The fourth-order valence-electron chi connectivity index (χ4n) is 3.89. The summed E-state index contributed by atoms with van der Waals surface area (Å²) in [5.74, 6) is 0.00791. The van der Waals surface area contributed by atoms with Crippen molar-refractivity contribution in [1.82, 2.24) is 4.98 Å². The molecule has 0 amide bonds. The molecule has 0 bridgehead atoms. The van der Waals surface area contributed by atoms with E-state index in [1.54, 1.807) is 37.4 Å². The summed E-state index contributed by atoms with van der Waals surface area (Å²) in [6.07, 6.45) is -2.32. The Bertz CT molecular complexity index is 1270. The van der Waals surface area contributed by atoms with Crippen LogP contribution in [0.15, 0.2) is 59.7 Å². The third kappa shape index (κ3) is 8.04. The molecule has 0 saturated heterocycles. The minimum atomic E-state index is -4.68. The number of benzene rings is 2. The largest absolute Gasteiger partial charge is 0.522 e. The number of hydrogen-bond acceptors (Lipinski definition) is 6. The van der Waals surface area contributed by atoms with Crippen LogP contribution in [0.2, 0.25) is 0 Å². The Morgan fingerprint density at radius 1 is 1.03 bits per heavy atom. The predicted molar refractivity (Wildman–Crippen MR) is 137 cm³/mol. The van der Waals surface area contributed by atoms with E-state index in [9.17, 15) is 23.1 Å². The third-order valence-corrected chi connectivity index (χ3v) is 5.78. The Labute approximate surface area is 218 Å². The Morgan fingerprint density at radius 3 is 2.24 bits per heavy atom. The van der Waals surface area contributed by atoms with E-state index in [-0.39, 0.29) is 6.42 Å². The monoisotopic (exact) mass is 530 g/mol. The molecule has 38 heavy (non-hydrogen) atoms. The molecule has 0 fully saturated rings. The van der Waals surface area contributed by atoms with E-state index >= 15 is 0 Å². The lowest BCUT2D eigenvalue weighted by molar-refractivity contribution is -0.330. The number of halogens is 3. The summed E-state index contributed by atoms with van der Waals surface area (Å²) >= 11 is 0. The van der Waals surface area contributed by atoms with Gasteiger partial charge in [-0.3, -0.25) is 9.53 Å². The van der Waals surface area contributed by atoms with Crippen molar-refractivity contribution in [3.05, 3.63) is 71.4 Å². The van der Waals surface area contributed by atoms with E-state index < -0.39 is 24.9 Å². The first-order valence-electron chi connectivity index (χ1n) is 11.8. The molecule has 202 valence electrons. The van der Waals surface area contributed by atoms with Crippen molar-refractivity contribution < 1.29 is 37.3 Å². The van der Waals surface area contributed by atoms with E-state index in [1.807, 2.05) is 31.2 Å². The van der Waals surface area contributed by atoms with Crippen LogP contribution < -0.4 is 9.47 Å². The average Bonchev–Trinajstić information content (AvgIpc) is 2.87. The number of carbonyl (C=O) groups is 1. The van der Waals surface area contributed by atoms with Crippen LogP contribution in [0.4, 0.5) is 19.0 Å². The highest BCUT2D eigenvalue weighted by atomic mass is 19.4. The minimum Gasteiger partial charge on any atom is -0.496 e. The second kappa shape index (κ2) is 12.6. The Hall–Kier alpha value is -3.92. The van der Waals surface area contributed by atoms with Crippen LogP contribution in [0.1, 0.15) is 30.5 Å². The van der Waals surface area contributed by atoms with Crippen LogP contribution in [0.25, 0.3) is 11.1 Å². The molecule has 1 atom stereocenters. The van der Waals surface area contributed by atoms with Crippen molar-refractivity contribution in [2.24, 2.45) is 10.9 Å². The highest BCUT2D eigenvalue weighted by molar-refractivity contribution is 5.86. The predicted octanol–water partition coefficient (Wildman–Crippen LogP) is 6.40. The fraction of sp³-hybridized carbons (Fsp3) is 0.321. The highest BCUT2D eigenvalue weighted by Crippen LogP contribution is 2.36. The number of nitrogens with zero attached hydrogens (tertiary/aromatic N) is 2. The van der Waals surface area contributed by atoms with Gasteiger partial charge in [-0.1, -0.05) is 31.2 Å². The van der Waals surface area contributed by atoms with Gasteiger partial charge in [-0.25, -0.2) is 9.98 Å². The average molecular weight is 531 g/mol. The maximum absolute atomic E-state index is 12.3. The van der Waals surface area contributed by atoms with Gasteiger partial charge in [0.25, 0.3) is 0 Å². The van der Waals surface area contributed by atoms with Crippen molar-refractivity contribution in [1.29, 1.82) is 0 Å². The van der Waals surface area contributed by atoms with Gasteiger partial charge >= 0.3 is 12.3 Å². The second-order valence-corrected chi connectivity index (χ2v) is 8.79. The summed E-state index contributed by atoms with van der Waals surface area (Å²) in [6.45, 7) is 2.89. The van der Waals surface area contributed by atoms with Crippen molar-refractivity contribution in [3.63, 3.8) is 0 Å². The van der Waals surface area contributed by atoms with Crippen molar-refractivity contribution in [2.45, 2.75) is 39.7 Å². The summed E-state index contributed by atoms with van der Waals surface area (Å²) in [5, 5.41) is 9.29. The van der Waals surface area contributed by atoms with Crippen LogP contribution in [-0.4, -0.2) is 42.4 Å². The Morgan fingerprint density at radius 2 is 1.68 bits per heavy atom. The van der Waals surface area contributed by atoms with Gasteiger partial charge in [0.1, 0.15) is 11.5 Å². The molecule has 0 saturated carbocycles. The molecule has 0 aliphatic rings. The topological polar surface area (TPSA) is 90.2 Å². The summed E-state index contributed by atoms with van der Waals surface area (Å²) in [6, 6.07) is 14.0. The molecule has 1 aromatic heterocycles. The summed E-state index contributed by atoms with van der Waals surface area (Å²) < 4.78 is 51.9. The highest BCUT2D eigenvalue weighted by Gasteiger charge is 2.28. The lowest BCUT2D eigenvalue weighted by Gasteiger charge is -2.17. The summed E-state index contributed by atoms with van der Waals surface area (Å²) in [7, 11) is 3.04. The van der Waals surface area contributed by atoms with E-state index in [0.717, 1.165) is 22.4 Å². The van der Waals surface area contributed by atoms with Crippen LogP contribution in [0, 0.1) is 5.92 Å². The lowest BCUT2D eigenvalue weighted by Crippen LogP contribution is -2.13. The SMILES string of the molecule is COc1cc(-c2ccc(/N=C(\C)Cc3cccc(COC(F)(F)F)c3)nc2)cc(OC)c1CC(C)C(=O)O. The van der Waals surface area contributed by atoms with E-state index in [1.165, 1.54) is 14.2 Å². The van der Waals surface area contributed by atoms with Crippen molar-refractivity contribution in [3.8, 4) is 22.6 Å². The van der Waals surface area contributed by atoms with Crippen molar-refractivity contribution >= 4 is 17.5 Å². The molecule has 2 aromatic carbocycles. The van der Waals surface area contributed by atoms with Gasteiger partial charge < -0.3 is 14.6 Å². The first-order valence-corrected chi connectivity index (χ1v) is 11.8. The molecule has 3 aromatic rings. The molecule has 0 aliphatic heterocycles. The first kappa shape index (κ1) is 28.6. The molecular weight excluding hydrogens is 501 g/mol. The van der Waals surface area contributed by atoms with E-state index in [0.29, 0.717) is 34.9 Å². The second-order valence-electron chi connectivity index (χ2n) is 8.79. The number of carboxylic acid groups (broad SMARTS) is 1. The van der Waals surface area contributed by atoms with E-state index in [2.05, 4.69) is 14.7 Å². The zero-order valence-corrected chi connectivity index (χ0v) is 21.5. The number of hydrogen-bond donors (Lipinski definition) is 1. The van der Waals surface area contributed by atoms with Crippen LogP contribution >= 0.6 is 0 Å². The molecule has 0 aliphatic carbocycles. The molecule has 1 N–H and O–H groups in total. The quantitative estimate of drug-likeness (QED) is 0.289. The molecule has 1 unspecified atom stereocenters. The number of methoxy groups -OCH3 is 2. The molecule has 7 nitrogen and oxygen atoms in total. The van der Waals surface area contributed by atoms with Gasteiger partial charge in [0.2, 0.25) is 0 Å². The van der Waals surface area contributed by atoms with Crippen LogP contribution in [0.5, 0.6) is 11.5 Å².